The van der Waals surface area contributed by atoms with Crippen molar-refractivity contribution in [3.8, 4) is 11.5 Å². The van der Waals surface area contributed by atoms with Crippen LogP contribution in [0.3, 0.4) is 0 Å². The molecule has 2 rings (SSSR count). The van der Waals surface area contributed by atoms with Crippen LogP contribution in [0.4, 0.5) is 0 Å². The first-order valence-corrected chi connectivity index (χ1v) is 9.80. The first-order valence-electron chi connectivity index (χ1n) is 6.63. The van der Waals surface area contributed by atoms with Gasteiger partial charge in [-0.1, -0.05) is 0 Å². The molecule has 0 aliphatic rings. The zero-order valence-corrected chi connectivity index (χ0v) is 18.8. The molecular formula is C15H12Br4N4O2. The fourth-order valence-electron chi connectivity index (χ4n) is 1.85. The third-order valence-electron chi connectivity index (χ3n) is 3.03. The van der Waals surface area contributed by atoms with Gasteiger partial charge in [-0.15, -0.1) is 0 Å². The van der Waals surface area contributed by atoms with E-state index in [4.69, 9.17) is 31.8 Å². The number of amidine groups is 2. The van der Waals surface area contributed by atoms with Gasteiger partial charge in [-0.3, -0.25) is 10.8 Å². The van der Waals surface area contributed by atoms with Gasteiger partial charge in [0.05, 0.1) is 17.9 Å². The zero-order chi connectivity index (χ0) is 18.7. The van der Waals surface area contributed by atoms with E-state index in [1.165, 1.54) is 0 Å². The fraction of sp³-hybridized carbons (Fsp3) is 0.0667. The number of halogens is 4. The number of nitrogen functional groups attached to an aromatic ring is 2. The van der Waals surface area contributed by atoms with Crippen LogP contribution in [-0.4, -0.2) is 18.5 Å². The Bertz CT molecular complexity index is 742. The number of rotatable bonds is 6. The molecule has 0 saturated heterocycles. The maximum Gasteiger partial charge on any atom is 0.231 e. The second kappa shape index (κ2) is 8.52. The first-order chi connectivity index (χ1) is 11.7. The SMILES string of the molecule is N=C(N)c1cc(Br)c(OCOc2c(Br)cc(C(=N)N)cc2Br)c(Br)c1. The Morgan fingerprint density at radius 3 is 1.24 bits per heavy atom. The molecule has 0 fully saturated rings. The van der Waals surface area contributed by atoms with E-state index in [9.17, 15) is 0 Å². The molecular weight excluding hydrogens is 588 g/mol. The lowest BCUT2D eigenvalue weighted by atomic mass is 10.2. The van der Waals surface area contributed by atoms with Crippen molar-refractivity contribution >= 4 is 75.4 Å². The van der Waals surface area contributed by atoms with E-state index in [-0.39, 0.29) is 18.5 Å². The summed E-state index contributed by atoms with van der Waals surface area (Å²) < 4.78 is 13.9. The highest BCUT2D eigenvalue weighted by molar-refractivity contribution is 9.11. The lowest BCUT2D eigenvalue weighted by molar-refractivity contribution is 0.116. The Balaban J connectivity index is 2.14. The van der Waals surface area contributed by atoms with Gasteiger partial charge in [0.2, 0.25) is 6.79 Å². The molecule has 132 valence electrons. The van der Waals surface area contributed by atoms with Crippen LogP contribution in [0.5, 0.6) is 11.5 Å². The third kappa shape index (κ3) is 4.96. The normalized spacial score (nSPS) is 10.4. The van der Waals surface area contributed by atoms with E-state index in [2.05, 4.69) is 63.7 Å². The van der Waals surface area contributed by atoms with Crippen LogP contribution in [0.2, 0.25) is 0 Å². The molecule has 0 amide bonds. The Labute approximate surface area is 177 Å². The van der Waals surface area contributed by atoms with Gasteiger partial charge in [-0.2, -0.15) is 0 Å². The van der Waals surface area contributed by atoms with Crippen LogP contribution < -0.4 is 20.9 Å². The van der Waals surface area contributed by atoms with Gasteiger partial charge in [-0.05, 0) is 88.0 Å². The minimum atomic E-state index is -0.0623. The maximum atomic E-state index is 7.48. The molecule has 0 aliphatic heterocycles. The van der Waals surface area contributed by atoms with E-state index in [0.29, 0.717) is 40.5 Å². The van der Waals surface area contributed by atoms with Crippen molar-refractivity contribution in [3.05, 3.63) is 53.3 Å². The van der Waals surface area contributed by atoms with Gasteiger partial charge < -0.3 is 20.9 Å². The minimum Gasteiger partial charge on any atom is -0.455 e. The molecule has 2 aromatic rings. The Morgan fingerprint density at radius 2 is 1.00 bits per heavy atom. The van der Waals surface area contributed by atoms with Crippen LogP contribution in [0.25, 0.3) is 0 Å². The summed E-state index contributed by atoms with van der Waals surface area (Å²) in [4.78, 5) is 0. The summed E-state index contributed by atoms with van der Waals surface area (Å²) in [6.45, 7) is -0.0623. The highest BCUT2D eigenvalue weighted by Crippen LogP contribution is 2.37. The molecule has 0 bridgehead atoms. The van der Waals surface area contributed by atoms with Crippen molar-refractivity contribution in [2.24, 2.45) is 11.5 Å². The maximum absolute atomic E-state index is 7.48. The zero-order valence-electron chi connectivity index (χ0n) is 12.5. The van der Waals surface area contributed by atoms with Gasteiger partial charge in [0.1, 0.15) is 11.7 Å². The molecule has 0 heterocycles. The molecule has 6 N–H and O–H groups in total. The Kier molecular flexibility index (Phi) is 6.89. The topological polar surface area (TPSA) is 118 Å². The molecule has 6 nitrogen and oxygen atoms in total. The molecule has 0 saturated carbocycles. The summed E-state index contributed by atoms with van der Waals surface area (Å²) in [5, 5.41) is 15.0. The molecule has 2 aromatic carbocycles. The van der Waals surface area contributed by atoms with Crippen LogP contribution in [0.15, 0.2) is 42.2 Å². The monoisotopic (exact) mass is 596 g/mol. The molecule has 10 heteroatoms. The number of benzene rings is 2. The largest absolute Gasteiger partial charge is 0.455 e. The minimum absolute atomic E-state index is 0.0392. The van der Waals surface area contributed by atoms with Gasteiger partial charge in [-0.25, -0.2) is 0 Å². The molecule has 0 aromatic heterocycles. The van der Waals surface area contributed by atoms with Crippen LogP contribution in [0, 0.1) is 10.8 Å². The smallest absolute Gasteiger partial charge is 0.231 e. The van der Waals surface area contributed by atoms with Crippen LogP contribution in [-0.2, 0) is 0 Å². The standard InChI is InChI=1S/C15H12Br4N4O2/c16-8-1-6(14(20)21)2-9(17)12(8)24-5-25-13-10(18)3-7(15(22)23)4-11(13)19/h1-4H,5H2,(H3,20,21)(H3,22,23). The summed E-state index contributed by atoms with van der Waals surface area (Å²) >= 11 is 13.6. The summed E-state index contributed by atoms with van der Waals surface area (Å²) in [6, 6.07) is 6.76. The van der Waals surface area contributed by atoms with Gasteiger partial charge in [0, 0.05) is 11.1 Å². The van der Waals surface area contributed by atoms with Crippen molar-refractivity contribution in [3.63, 3.8) is 0 Å². The highest BCUT2D eigenvalue weighted by atomic mass is 79.9. The van der Waals surface area contributed by atoms with Crippen molar-refractivity contribution in [1.29, 1.82) is 10.8 Å². The Hall–Kier alpha value is -1.10. The lowest BCUT2D eigenvalue weighted by Gasteiger charge is -2.15. The molecule has 0 radical (unpaired) electrons. The molecule has 0 spiro atoms. The lowest BCUT2D eigenvalue weighted by Crippen LogP contribution is -2.13. The Morgan fingerprint density at radius 1 is 0.720 bits per heavy atom. The summed E-state index contributed by atoms with van der Waals surface area (Å²) in [6.07, 6.45) is 0. The van der Waals surface area contributed by atoms with Crippen molar-refractivity contribution < 1.29 is 9.47 Å². The first kappa shape index (κ1) is 20.2. The number of hydrogen-bond acceptors (Lipinski definition) is 4. The van der Waals surface area contributed by atoms with Crippen molar-refractivity contribution in [1.82, 2.24) is 0 Å². The number of ether oxygens (including phenoxy) is 2. The fourth-order valence-corrected chi connectivity index (χ4v) is 4.68. The average molecular weight is 600 g/mol. The van der Waals surface area contributed by atoms with Crippen molar-refractivity contribution in [2.75, 3.05) is 6.79 Å². The second-order valence-electron chi connectivity index (χ2n) is 4.77. The van der Waals surface area contributed by atoms with Gasteiger partial charge in [0.15, 0.2) is 11.5 Å². The second-order valence-corrected chi connectivity index (χ2v) is 8.19. The van der Waals surface area contributed by atoms with Crippen molar-refractivity contribution in [2.45, 2.75) is 0 Å². The summed E-state index contributed by atoms with van der Waals surface area (Å²) in [5.74, 6) is 0.973. The molecule has 0 unspecified atom stereocenters. The van der Waals surface area contributed by atoms with E-state index < -0.39 is 0 Å². The van der Waals surface area contributed by atoms with Gasteiger partial charge in [0.25, 0.3) is 0 Å². The van der Waals surface area contributed by atoms with Gasteiger partial charge >= 0.3 is 0 Å². The van der Waals surface area contributed by atoms with E-state index in [1.807, 2.05) is 0 Å². The number of nitrogens with one attached hydrogen (secondary N) is 2. The average Bonchev–Trinajstić information content (AvgIpc) is 2.51. The predicted octanol–water partition coefficient (Wildman–Crippen LogP) is 4.72. The summed E-state index contributed by atoms with van der Waals surface area (Å²) in [5.41, 5.74) is 12.1. The summed E-state index contributed by atoms with van der Waals surface area (Å²) in [7, 11) is 0. The molecule has 0 atom stereocenters. The van der Waals surface area contributed by atoms with E-state index in [0.717, 1.165) is 0 Å². The number of hydrogen-bond donors (Lipinski definition) is 4. The van der Waals surface area contributed by atoms with E-state index in [1.54, 1.807) is 24.3 Å². The number of nitrogens with two attached hydrogens (primary N) is 2. The predicted molar refractivity (Wildman–Crippen MR) is 112 cm³/mol. The molecule has 0 aliphatic carbocycles. The highest BCUT2D eigenvalue weighted by Gasteiger charge is 2.13. The van der Waals surface area contributed by atoms with Crippen LogP contribution in [0.1, 0.15) is 11.1 Å². The van der Waals surface area contributed by atoms with E-state index >= 15 is 0 Å². The van der Waals surface area contributed by atoms with Crippen LogP contribution >= 0.6 is 63.7 Å². The third-order valence-corrected chi connectivity index (χ3v) is 5.38. The molecule has 25 heavy (non-hydrogen) atoms. The quantitative estimate of drug-likeness (QED) is 0.218.